The summed E-state index contributed by atoms with van der Waals surface area (Å²) in [6.45, 7) is 1.14. The van der Waals surface area contributed by atoms with Gasteiger partial charge in [-0.15, -0.1) is 0 Å². The first kappa shape index (κ1) is 10.6. The van der Waals surface area contributed by atoms with Crippen LogP contribution in [0.15, 0.2) is 29.0 Å². The van der Waals surface area contributed by atoms with E-state index >= 15 is 0 Å². The van der Waals surface area contributed by atoms with Gasteiger partial charge >= 0.3 is 0 Å². The quantitative estimate of drug-likeness (QED) is 0.875. The molecule has 3 heterocycles. The normalized spacial score (nSPS) is 19.2. The van der Waals surface area contributed by atoms with Crippen LogP contribution < -0.4 is 0 Å². The molecule has 0 aromatic carbocycles. The van der Waals surface area contributed by atoms with Gasteiger partial charge in [-0.2, -0.15) is 0 Å². The van der Waals surface area contributed by atoms with Gasteiger partial charge in [0.25, 0.3) is 0 Å². The van der Waals surface area contributed by atoms with Crippen LogP contribution in [0.1, 0.15) is 23.7 Å². The van der Waals surface area contributed by atoms with Crippen LogP contribution in [0, 0.1) is 5.92 Å². The maximum absolute atomic E-state index is 9.25. The van der Waals surface area contributed by atoms with Crippen LogP contribution in [0.4, 0.5) is 0 Å². The number of nitrogens with zero attached hydrogens (tertiary/aromatic N) is 2. The molecule has 4 nitrogen and oxygen atoms in total. The Morgan fingerprint density at radius 3 is 3.24 bits per heavy atom. The molecule has 0 spiro atoms. The number of aliphatic hydroxyl groups excluding tert-OH is 1. The van der Waals surface area contributed by atoms with Gasteiger partial charge in [0.2, 0.25) is 0 Å². The van der Waals surface area contributed by atoms with E-state index in [0.29, 0.717) is 5.92 Å². The first-order valence-corrected chi connectivity index (χ1v) is 6.03. The average Bonchev–Trinajstić information content (AvgIpc) is 2.99. The fraction of sp³-hybridized carbons (Fsp3) is 0.462. The van der Waals surface area contributed by atoms with E-state index in [1.165, 1.54) is 5.69 Å². The largest absolute Gasteiger partial charge is 0.469 e. The fourth-order valence-corrected chi connectivity index (χ4v) is 2.44. The number of imidazole rings is 1. The van der Waals surface area contributed by atoms with Crippen molar-refractivity contribution in [2.45, 2.75) is 25.8 Å². The third-order valence-corrected chi connectivity index (χ3v) is 3.44. The molecule has 2 aromatic rings. The molecular weight excluding hydrogens is 216 g/mol. The summed E-state index contributed by atoms with van der Waals surface area (Å²) in [5.74, 6) is 2.34. The molecule has 17 heavy (non-hydrogen) atoms. The molecule has 0 aliphatic carbocycles. The number of rotatable bonds is 3. The lowest BCUT2D eigenvalue weighted by Gasteiger charge is -2.23. The first-order valence-electron chi connectivity index (χ1n) is 6.03. The van der Waals surface area contributed by atoms with Crippen molar-refractivity contribution in [3.63, 3.8) is 0 Å². The van der Waals surface area contributed by atoms with Gasteiger partial charge in [-0.25, -0.2) is 4.98 Å². The minimum atomic E-state index is 0.262. The Morgan fingerprint density at radius 1 is 1.53 bits per heavy atom. The molecule has 3 rings (SSSR count). The molecule has 0 amide bonds. The number of aliphatic hydroxyl groups is 1. The predicted molar refractivity (Wildman–Crippen MR) is 62.6 cm³/mol. The Balaban J connectivity index is 1.84. The van der Waals surface area contributed by atoms with Gasteiger partial charge < -0.3 is 14.1 Å². The van der Waals surface area contributed by atoms with E-state index in [0.717, 1.165) is 37.4 Å². The van der Waals surface area contributed by atoms with Gasteiger partial charge in [0, 0.05) is 31.0 Å². The van der Waals surface area contributed by atoms with E-state index in [9.17, 15) is 5.11 Å². The van der Waals surface area contributed by atoms with Crippen LogP contribution in [0.25, 0.3) is 0 Å². The molecule has 90 valence electrons. The molecule has 1 atom stereocenters. The van der Waals surface area contributed by atoms with Crippen molar-refractivity contribution in [3.05, 3.63) is 41.9 Å². The van der Waals surface area contributed by atoms with Crippen molar-refractivity contribution in [2.75, 3.05) is 6.61 Å². The smallest absolute Gasteiger partial charge is 0.116 e. The summed E-state index contributed by atoms with van der Waals surface area (Å²) in [4.78, 5) is 4.46. The Kier molecular flexibility index (Phi) is 2.73. The highest BCUT2D eigenvalue weighted by Crippen LogP contribution is 2.22. The summed E-state index contributed by atoms with van der Waals surface area (Å²) in [5.41, 5.74) is 1.27. The molecule has 0 saturated carbocycles. The lowest BCUT2D eigenvalue weighted by Crippen LogP contribution is -2.23. The van der Waals surface area contributed by atoms with Crippen LogP contribution in [0.5, 0.6) is 0 Å². The molecule has 1 aliphatic heterocycles. The minimum Gasteiger partial charge on any atom is -0.469 e. The topological polar surface area (TPSA) is 51.2 Å². The molecule has 0 saturated heterocycles. The molecule has 0 radical (unpaired) electrons. The van der Waals surface area contributed by atoms with Gasteiger partial charge in [-0.3, -0.25) is 0 Å². The van der Waals surface area contributed by atoms with Gasteiger partial charge in [-0.1, -0.05) is 0 Å². The number of hydrogen-bond acceptors (Lipinski definition) is 3. The van der Waals surface area contributed by atoms with Gasteiger partial charge in [0.05, 0.1) is 12.7 Å². The molecule has 1 aliphatic rings. The van der Waals surface area contributed by atoms with Crippen molar-refractivity contribution >= 4 is 0 Å². The van der Waals surface area contributed by atoms with Gasteiger partial charge in [0.15, 0.2) is 0 Å². The van der Waals surface area contributed by atoms with E-state index < -0.39 is 0 Å². The summed E-state index contributed by atoms with van der Waals surface area (Å²) in [6, 6.07) is 3.86. The second kappa shape index (κ2) is 4.37. The Labute approximate surface area is 99.9 Å². The number of fused-ring (bicyclic) bond motifs is 1. The maximum Gasteiger partial charge on any atom is 0.116 e. The zero-order valence-corrected chi connectivity index (χ0v) is 9.67. The predicted octanol–water partition coefficient (Wildman–Crippen LogP) is 1.62. The highest BCUT2D eigenvalue weighted by Gasteiger charge is 2.21. The van der Waals surface area contributed by atoms with E-state index in [4.69, 9.17) is 4.42 Å². The first-order chi connectivity index (χ1) is 8.36. The lowest BCUT2D eigenvalue weighted by molar-refractivity contribution is 0.190. The fourth-order valence-electron chi connectivity index (χ4n) is 2.44. The van der Waals surface area contributed by atoms with Crippen LogP contribution in [-0.4, -0.2) is 21.3 Å². The van der Waals surface area contributed by atoms with Crippen molar-refractivity contribution < 1.29 is 9.52 Å². The summed E-state index contributed by atoms with van der Waals surface area (Å²) < 4.78 is 7.58. The third-order valence-electron chi connectivity index (χ3n) is 3.44. The second-order valence-electron chi connectivity index (χ2n) is 4.62. The SMILES string of the molecule is OCC1CCc2cnc(Cc3ccco3)n2C1. The maximum atomic E-state index is 9.25. The van der Waals surface area contributed by atoms with Crippen LogP contribution in [0.3, 0.4) is 0 Å². The highest BCUT2D eigenvalue weighted by atomic mass is 16.3. The summed E-state index contributed by atoms with van der Waals surface area (Å²) in [7, 11) is 0. The second-order valence-corrected chi connectivity index (χ2v) is 4.62. The monoisotopic (exact) mass is 232 g/mol. The molecule has 1 unspecified atom stereocenters. The molecule has 0 fully saturated rings. The summed E-state index contributed by atoms with van der Waals surface area (Å²) >= 11 is 0. The van der Waals surface area contributed by atoms with E-state index in [1.807, 2.05) is 18.3 Å². The number of hydrogen-bond donors (Lipinski definition) is 1. The standard InChI is InChI=1S/C13H16N2O2/c16-9-10-3-4-11-7-14-13(15(11)8-10)6-12-2-1-5-17-12/h1-2,5,7,10,16H,3-4,6,8-9H2. The summed E-state index contributed by atoms with van der Waals surface area (Å²) in [6.07, 6.45) is 6.43. The molecule has 2 aromatic heterocycles. The molecule has 1 N–H and O–H groups in total. The lowest BCUT2D eigenvalue weighted by atomic mass is 9.99. The molecular formula is C13H16N2O2. The number of furan rings is 1. The van der Waals surface area contributed by atoms with Crippen molar-refractivity contribution in [3.8, 4) is 0 Å². The highest BCUT2D eigenvalue weighted by molar-refractivity contribution is 5.14. The minimum absolute atomic E-state index is 0.262. The number of aryl methyl sites for hydroxylation is 1. The van der Waals surface area contributed by atoms with Crippen LogP contribution in [-0.2, 0) is 19.4 Å². The van der Waals surface area contributed by atoms with Crippen LogP contribution in [0.2, 0.25) is 0 Å². The van der Waals surface area contributed by atoms with E-state index in [2.05, 4.69) is 9.55 Å². The zero-order chi connectivity index (χ0) is 11.7. The van der Waals surface area contributed by atoms with Crippen molar-refractivity contribution in [1.82, 2.24) is 9.55 Å². The molecule has 4 heteroatoms. The van der Waals surface area contributed by atoms with Crippen LogP contribution >= 0.6 is 0 Å². The third kappa shape index (κ3) is 2.00. The van der Waals surface area contributed by atoms with Gasteiger partial charge in [-0.05, 0) is 25.0 Å². The number of aromatic nitrogens is 2. The zero-order valence-electron chi connectivity index (χ0n) is 9.67. The Hall–Kier alpha value is -1.55. The average molecular weight is 232 g/mol. The van der Waals surface area contributed by atoms with E-state index in [-0.39, 0.29) is 6.61 Å². The van der Waals surface area contributed by atoms with Gasteiger partial charge in [0.1, 0.15) is 11.6 Å². The van der Waals surface area contributed by atoms with Crippen molar-refractivity contribution in [2.24, 2.45) is 5.92 Å². The Bertz CT molecular complexity index is 487. The van der Waals surface area contributed by atoms with Crippen molar-refractivity contribution in [1.29, 1.82) is 0 Å². The Morgan fingerprint density at radius 2 is 2.47 bits per heavy atom. The summed E-state index contributed by atoms with van der Waals surface area (Å²) in [5, 5.41) is 9.25. The van der Waals surface area contributed by atoms with E-state index in [1.54, 1.807) is 6.26 Å². The molecule has 0 bridgehead atoms.